The van der Waals surface area contributed by atoms with Gasteiger partial charge in [0, 0.05) is 42.7 Å². The number of nitrogens with one attached hydrogen (secondary N) is 2. The van der Waals surface area contributed by atoms with Crippen LogP contribution in [0.3, 0.4) is 0 Å². The summed E-state index contributed by atoms with van der Waals surface area (Å²) in [4.78, 5) is 40.6. The minimum absolute atomic E-state index is 0.0273. The molecule has 6 rings (SSSR count). The van der Waals surface area contributed by atoms with E-state index in [-0.39, 0.29) is 18.6 Å². The van der Waals surface area contributed by atoms with Crippen LogP contribution in [0.15, 0.2) is 97.1 Å². The van der Waals surface area contributed by atoms with Gasteiger partial charge in [-0.25, -0.2) is 14.4 Å². The molecule has 2 aliphatic carbocycles. The van der Waals surface area contributed by atoms with E-state index in [1.54, 1.807) is 4.90 Å². The molecule has 4 aromatic rings. The molecule has 0 saturated carbocycles. The molecular weight excluding hydrogens is 630 g/mol. The number of benzene rings is 4. The number of alkyl carbamates (subject to hydrolysis) is 2. The molecule has 0 saturated heterocycles. The zero-order valence-electron chi connectivity index (χ0n) is 29.1. The van der Waals surface area contributed by atoms with Crippen molar-refractivity contribution in [2.45, 2.75) is 64.2 Å². The van der Waals surface area contributed by atoms with E-state index in [1.165, 1.54) is 11.1 Å². The minimum atomic E-state index is -0.617. The molecule has 0 radical (unpaired) electrons. The second-order valence-electron chi connectivity index (χ2n) is 13.9. The SMILES string of the molecule is CC(CCN(CCCNC(=O)OCC1c2ccccc2-c2ccccc21)C(=O)OC1c2ccccc2-c2ccccc21)NC(=O)OC(C)(C)C. The zero-order chi connectivity index (χ0) is 35.3. The van der Waals surface area contributed by atoms with Gasteiger partial charge in [-0.2, -0.15) is 0 Å². The molecule has 2 N–H and O–H groups in total. The van der Waals surface area contributed by atoms with Crippen molar-refractivity contribution >= 4 is 18.3 Å². The van der Waals surface area contributed by atoms with Gasteiger partial charge in [-0.15, -0.1) is 0 Å². The van der Waals surface area contributed by atoms with Crippen LogP contribution in [0.4, 0.5) is 14.4 Å². The highest BCUT2D eigenvalue weighted by atomic mass is 16.6. The second-order valence-corrected chi connectivity index (χ2v) is 13.9. The lowest BCUT2D eigenvalue weighted by atomic mass is 9.98. The number of fused-ring (bicyclic) bond motifs is 6. The molecule has 1 atom stereocenters. The third-order valence-corrected chi connectivity index (χ3v) is 9.07. The lowest BCUT2D eigenvalue weighted by Crippen LogP contribution is -2.41. The first-order chi connectivity index (χ1) is 24.1. The fourth-order valence-electron chi connectivity index (χ4n) is 6.75. The van der Waals surface area contributed by atoms with Crippen LogP contribution >= 0.6 is 0 Å². The second kappa shape index (κ2) is 15.1. The van der Waals surface area contributed by atoms with Gasteiger partial charge in [-0.05, 0) is 73.9 Å². The Morgan fingerprint density at radius 3 is 1.76 bits per heavy atom. The third-order valence-electron chi connectivity index (χ3n) is 9.07. The number of hydrogen-bond acceptors (Lipinski definition) is 6. The Hall–Kier alpha value is -5.31. The van der Waals surface area contributed by atoms with Crippen LogP contribution < -0.4 is 10.6 Å². The molecule has 0 aliphatic heterocycles. The van der Waals surface area contributed by atoms with E-state index in [9.17, 15) is 14.4 Å². The Morgan fingerprint density at radius 2 is 1.22 bits per heavy atom. The van der Waals surface area contributed by atoms with Crippen molar-refractivity contribution in [1.82, 2.24) is 15.5 Å². The lowest BCUT2D eigenvalue weighted by molar-refractivity contribution is 0.0501. The summed E-state index contributed by atoms with van der Waals surface area (Å²) in [5.41, 5.74) is 8.02. The van der Waals surface area contributed by atoms with Crippen molar-refractivity contribution in [3.63, 3.8) is 0 Å². The fourth-order valence-corrected chi connectivity index (χ4v) is 6.75. The molecule has 50 heavy (non-hydrogen) atoms. The van der Waals surface area contributed by atoms with Crippen LogP contribution in [0.2, 0.25) is 0 Å². The third kappa shape index (κ3) is 7.94. The molecule has 0 heterocycles. The van der Waals surface area contributed by atoms with Crippen LogP contribution in [0.1, 0.15) is 74.8 Å². The summed E-state index contributed by atoms with van der Waals surface area (Å²) in [6, 6.07) is 32.1. The Labute approximate surface area is 293 Å². The zero-order valence-corrected chi connectivity index (χ0v) is 29.1. The molecule has 2 aliphatic rings. The predicted octanol–water partition coefficient (Wildman–Crippen LogP) is 8.43. The lowest BCUT2D eigenvalue weighted by Gasteiger charge is -2.27. The van der Waals surface area contributed by atoms with Crippen molar-refractivity contribution in [1.29, 1.82) is 0 Å². The molecular formula is C41H45N3O6. The van der Waals surface area contributed by atoms with E-state index in [0.29, 0.717) is 32.5 Å². The van der Waals surface area contributed by atoms with Gasteiger partial charge < -0.3 is 29.7 Å². The standard InChI is InChI=1S/C41H45N3O6/c1-27(43-39(46)50-41(2,3)4)22-25-44(40(47)49-37-34-20-11-9-16-30(34)31-17-10-12-21-35(31)37)24-13-23-42-38(45)48-26-36-32-18-7-5-14-28(32)29-15-6-8-19-33(29)36/h5-12,14-21,27,36-37H,13,22-26H2,1-4H3,(H,42,45)(H,43,46). The highest BCUT2D eigenvalue weighted by Crippen LogP contribution is 2.46. The monoisotopic (exact) mass is 675 g/mol. The van der Waals surface area contributed by atoms with Crippen molar-refractivity contribution in [3.8, 4) is 22.3 Å². The van der Waals surface area contributed by atoms with Gasteiger partial charge in [0.1, 0.15) is 12.2 Å². The summed E-state index contributed by atoms with van der Waals surface area (Å²) in [6.45, 7) is 8.50. The fraction of sp³-hybridized carbons (Fsp3) is 0.341. The van der Waals surface area contributed by atoms with Crippen molar-refractivity contribution < 1.29 is 28.6 Å². The van der Waals surface area contributed by atoms with E-state index in [0.717, 1.165) is 33.4 Å². The van der Waals surface area contributed by atoms with Gasteiger partial charge in [0.2, 0.25) is 0 Å². The summed E-state index contributed by atoms with van der Waals surface area (Å²) in [7, 11) is 0. The number of rotatable bonds is 11. The Bertz CT molecular complexity index is 1760. The largest absolute Gasteiger partial charge is 0.449 e. The molecule has 0 fully saturated rings. The van der Waals surface area contributed by atoms with Crippen LogP contribution in [0, 0.1) is 0 Å². The number of amides is 3. The summed E-state index contributed by atoms with van der Waals surface area (Å²) in [5.74, 6) is -0.0273. The molecule has 3 amide bonds. The number of hydrogen-bond donors (Lipinski definition) is 2. The van der Waals surface area contributed by atoms with Gasteiger partial charge in [-0.3, -0.25) is 0 Å². The average Bonchev–Trinajstić information content (AvgIpc) is 3.58. The van der Waals surface area contributed by atoms with E-state index in [4.69, 9.17) is 14.2 Å². The highest BCUT2D eigenvalue weighted by Gasteiger charge is 2.33. The number of carbonyl (C=O) groups excluding carboxylic acids is 3. The molecule has 9 nitrogen and oxygen atoms in total. The normalized spacial score (nSPS) is 13.7. The quantitative estimate of drug-likeness (QED) is 0.122. The number of nitrogens with zero attached hydrogens (tertiary/aromatic N) is 1. The van der Waals surface area contributed by atoms with E-state index in [2.05, 4.69) is 34.9 Å². The molecule has 0 bridgehead atoms. The maximum absolute atomic E-state index is 13.8. The van der Waals surface area contributed by atoms with Crippen LogP contribution in [-0.2, 0) is 14.2 Å². The topological polar surface area (TPSA) is 106 Å². The van der Waals surface area contributed by atoms with Crippen LogP contribution in [-0.4, -0.2) is 61.1 Å². The van der Waals surface area contributed by atoms with Crippen molar-refractivity contribution in [2.75, 3.05) is 26.2 Å². The maximum Gasteiger partial charge on any atom is 0.410 e. The van der Waals surface area contributed by atoms with E-state index in [1.807, 2.05) is 100 Å². The first kappa shape index (κ1) is 34.5. The number of ether oxygens (including phenoxy) is 3. The van der Waals surface area contributed by atoms with Gasteiger partial charge in [0.15, 0.2) is 6.10 Å². The Balaban J connectivity index is 1.06. The van der Waals surface area contributed by atoms with Gasteiger partial charge in [-0.1, -0.05) is 97.1 Å². The molecule has 9 heteroatoms. The van der Waals surface area contributed by atoms with Gasteiger partial charge in [0.05, 0.1) is 0 Å². The van der Waals surface area contributed by atoms with E-state index >= 15 is 0 Å². The van der Waals surface area contributed by atoms with Crippen molar-refractivity contribution in [3.05, 3.63) is 119 Å². The first-order valence-corrected chi connectivity index (χ1v) is 17.3. The van der Waals surface area contributed by atoms with Crippen LogP contribution in [0.5, 0.6) is 0 Å². The Kier molecular flexibility index (Phi) is 10.4. The maximum atomic E-state index is 13.8. The van der Waals surface area contributed by atoms with Crippen LogP contribution in [0.25, 0.3) is 22.3 Å². The highest BCUT2D eigenvalue weighted by molar-refractivity contribution is 5.80. The van der Waals surface area contributed by atoms with Crippen molar-refractivity contribution in [2.24, 2.45) is 0 Å². The number of carbonyl (C=O) groups is 3. The average molecular weight is 676 g/mol. The molecule has 0 spiro atoms. The predicted molar refractivity (Wildman–Crippen MR) is 193 cm³/mol. The van der Waals surface area contributed by atoms with E-state index < -0.39 is 30.0 Å². The molecule has 1 unspecified atom stereocenters. The molecule has 260 valence electrons. The summed E-state index contributed by atoms with van der Waals surface area (Å²) in [6.07, 6.45) is -1.06. The Morgan fingerprint density at radius 1 is 0.720 bits per heavy atom. The van der Waals surface area contributed by atoms with Gasteiger partial charge >= 0.3 is 18.3 Å². The molecule has 4 aromatic carbocycles. The first-order valence-electron chi connectivity index (χ1n) is 17.3. The summed E-state index contributed by atoms with van der Waals surface area (Å²) >= 11 is 0. The minimum Gasteiger partial charge on any atom is -0.449 e. The van der Waals surface area contributed by atoms with Gasteiger partial charge in [0.25, 0.3) is 0 Å². The summed E-state index contributed by atoms with van der Waals surface area (Å²) in [5, 5.41) is 5.70. The smallest absolute Gasteiger partial charge is 0.410 e. The molecule has 0 aromatic heterocycles. The summed E-state index contributed by atoms with van der Waals surface area (Å²) < 4.78 is 17.3.